The molecule has 35 heavy (non-hydrogen) atoms. The van der Waals surface area contributed by atoms with Crippen LogP contribution >= 0.6 is 0 Å². The Labute approximate surface area is 205 Å². The van der Waals surface area contributed by atoms with Crippen molar-refractivity contribution in [2.24, 2.45) is 5.92 Å². The van der Waals surface area contributed by atoms with Gasteiger partial charge in [0.2, 0.25) is 0 Å². The predicted octanol–water partition coefficient (Wildman–Crippen LogP) is 9.64. The van der Waals surface area contributed by atoms with E-state index in [4.69, 9.17) is 62.8 Å². The van der Waals surface area contributed by atoms with Gasteiger partial charge >= 0.3 is 17.1 Å². The molecule has 4 unspecified atom stereocenters. The molecule has 0 spiro atoms. The molecule has 1 saturated heterocycles. The van der Waals surface area contributed by atoms with Gasteiger partial charge in [0, 0.05) is 45.7 Å². The van der Waals surface area contributed by atoms with Gasteiger partial charge in [-0.25, -0.2) is 0 Å². The molecule has 1 saturated carbocycles. The highest BCUT2D eigenvalue weighted by molar-refractivity contribution is 6.89. The average molecular weight is 611 g/mol. The van der Waals surface area contributed by atoms with Gasteiger partial charge in [0.1, 0.15) is 0 Å². The normalized spacial score (nSPS) is 22.2. The van der Waals surface area contributed by atoms with Crippen LogP contribution in [0.2, 0.25) is 65.0 Å². The number of ether oxygens (including phenoxy) is 1. The van der Waals surface area contributed by atoms with Gasteiger partial charge in [-0.15, -0.1) is 0 Å². The molecule has 0 aromatic carbocycles. The zero-order valence-electron chi connectivity index (χ0n) is 21.7. The molecule has 0 aromatic heterocycles. The van der Waals surface area contributed by atoms with E-state index in [1.807, 2.05) is 0 Å². The summed E-state index contributed by atoms with van der Waals surface area (Å²) in [4.78, 5) is 0. The van der Waals surface area contributed by atoms with E-state index in [-0.39, 0.29) is 0 Å². The molecule has 1 aliphatic carbocycles. The first-order valence-corrected chi connectivity index (χ1v) is 22.8. The molecule has 2 aliphatic rings. The lowest BCUT2D eigenvalue weighted by Crippen LogP contribution is -2.56. The van der Waals surface area contributed by atoms with Crippen LogP contribution in [0.15, 0.2) is 0 Å². The maximum atomic E-state index is 8.00. The summed E-state index contributed by atoms with van der Waals surface area (Å²) in [6, 6.07) is 1.09. The topological polar surface area (TPSA) is 40.2 Å². The minimum absolute atomic E-state index is 0.562. The van der Waals surface area contributed by atoms with Crippen LogP contribution in [0, 0.1) is 5.92 Å². The van der Waals surface area contributed by atoms with Gasteiger partial charge in [0.05, 0.1) is 12.2 Å². The molecule has 0 amide bonds. The predicted molar refractivity (Wildman–Crippen MR) is 126 cm³/mol. The molecule has 1 heterocycles. The Kier molecular flexibility index (Phi) is 25.3. The standard InChI is InChI=1S/C17H40O4Si4.5F2/c1-22(2,3)19-24(7,8)21-25(9,20-23(4,5)6)13-12-15-10-11-16-17(14-15)18-16;5*1-2/h15-17H,10-14H2,1-9H3;;;;;. The highest BCUT2D eigenvalue weighted by atomic mass is 28.5. The zero-order valence-corrected chi connectivity index (χ0v) is 25.7. The van der Waals surface area contributed by atoms with Crippen molar-refractivity contribution in [2.45, 2.75) is 103 Å². The summed E-state index contributed by atoms with van der Waals surface area (Å²) in [5, 5.41) is 0. The Bertz CT molecular complexity index is 491. The first kappa shape index (κ1) is 42.1. The second-order valence-electron chi connectivity index (χ2n) is 10.5. The highest BCUT2D eigenvalue weighted by Gasteiger charge is 2.47. The smallest absolute Gasteiger partial charge is 0.315 e. The Morgan fingerprint density at radius 2 is 1.03 bits per heavy atom. The minimum Gasteiger partial charge on any atom is -0.437 e. The summed E-state index contributed by atoms with van der Waals surface area (Å²) >= 11 is 0. The molecule has 0 bridgehead atoms. The summed E-state index contributed by atoms with van der Waals surface area (Å²) in [6.07, 6.45) is 6.18. The average Bonchev–Trinajstić information content (AvgIpc) is 3.55. The van der Waals surface area contributed by atoms with Gasteiger partial charge in [0.25, 0.3) is 0 Å². The van der Waals surface area contributed by atoms with Crippen molar-refractivity contribution in [2.75, 3.05) is 0 Å². The molecule has 1 aliphatic heterocycles. The van der Waals surface area contributed by atoms with E-state index < -0.39 is 33.8 Å². The molecule has 4 atom stereocenters. The Hall–Kier alpha value is 0.00753. The van der Waals surface area contributed by atoms with E-state index in [0.29, 0.717) is 12.2 Å². The SMILES string of the molecule is C[Si](C)(C)O[Si](C)(C)O[Si](C)(CCC1CCC2OC2C1)O[Si](C)(C)C.FF.FF.FF.FF.FF. The summed E-state index contributed by atoms with van der Waals surface area (Å²) in [6.45, 7) is 20.3. The summed E-state index contributed by atoms with van der Waals surface area (Å²) in [7, 11) is -7.67. The van der Waals surface area contributed by atoms with Crippen LogP contribution in [0.25, 0.3) is 0 Å². The van der Waals surface area contributed by atoms with E-state index in [2.05, 4.69) is 58.9 Å². The second kappa shape index (κ2) is 21.0. The first-order valence-electron chi connectivity index (χ1n) is 10.6. The maximum absolute atomic E-state index is 8.00. The molecule has 2 rings (SSSR count). The molecular weight excluding hydrogens is 571 g/mol. The van der Waals surface area contributed by atoms with Crippen LogP contribution in [0.5, 0.6) is 0 Å². The number of hydrogen-bond donors (Lipinski definition) is 0. The Morgan fingerprint density at radius 3 is 1.40 bits per heavy atom. The van der Waals surface area contributed by atoms with Crippen molar-refractivity contribution in [3.8, 4) is 0 Å². The number of fused-ring (bicyclic) bond motifs is 1. The van der Waals surface area contributed by atoms with Crippen molar-refractivity contribution >= 4 is 33.8 Å². The van der Waals surface area contributed by atoms with Crippen molar-refractivity contribution in [1.82, 2.24) is 0 Å². The van der Waals surface area contributed by atoms with Gasteiger partial charge < -0.3 is 17.1 Å². The lowest BCUT2D eigenvalue weighted by atomic mass is 9.88. The fourth-order valence-corrected chi connectivity index (χ4v) is 22.3. The van der Waals surface area contributed by atoms with Gasteiger partial charge in [0.15, 0.2) is 16.6 Å². The molecule has 0 aromatic rings. The van der Waals surface area contributed by atoms with Crippen molar-refractivity contribution in [1.29, 1.82) is 0 Å². The van der Waals surface area contributed by atoms with Crippen LogP contribution in [0.1, 0.15) is 25.7 Å². The molecule has 0 N–H and O–H groups in total. The molecule has 0 radical (unpaired) electrons. The number of epoxide rings is 1. The van der Waals surface area contributed by atoms with Crippen LogP contribution in [-0.2, 0) is 17.1 Å². The summed E-state index contributed by atoms with van der Waals surface area (Å²) in [5.41, 5.74) is 0. The van der Waals surface area contributed by atoms with Gasteiger partial charge in [-0.2, -0.15) is 0 Å². The van der Waals surface area contributed by atoms with E-state index >= 15 is 0 Å². The van der Waals surface area contributed by atoms with Gasteiger partial charge in [-0.3, -0.25) is 0 Å². The van der Waals surface area contributed by atoms with E-state index in [9.17, 15) is 0 Å². The molecule has 2 fully saturated rings. The number of halogens is 10. The number of hydrogen-bond acceptors (Lipinski definition) is 4. The van der Waals surface area contributed by atoms with Crippen molar-refractivity contribution in [3.63, 3.8) is 0 Å². The third-order valence-electron chi connectivity index (χ3n) is 4.66. The van der Waals surface area contributed by atoms with E-state index in [1.165, 1.54) is 25.7 Å². The highest BCUT2D eigenvalue weighted by Crippen LogP contribution is 2.42. The third-order valence-corrected chi connectivity index (χ3v) is 18.1. The van der Waals surface area contributed by atoms with E-state index in [0.717, 1.165) is 12.0 Å². The monoisotopic (exact) mass is 610 g/mol. The van der Waals surface area contributed by atoms with Gasteiger partial charge in [-0.05, 0) is 96.6 Å². The van der Waals surface area contributed by atoms with Crippen LogP contribution in [0.3, 0.4) is 0 Å². The minimum atomic E-state index is -2.23. The third kappa shape index (κ3) is 22.9. The van der Waals surface area contributed by atoms with Crippen LogP contribution < -0.4 is 0 Å². The van der Waals surface area contributed by atoms with E-state index in [1.54, 1.807) is 0 Å². The fourth-order valence-electron chi connectivity index (χ4n) is 4.26. The molecule has 218 valence electrons. The fraction of sp³-hybridized carbons (Fsp3) is 1.00. The van der Waals surface area contributed by atoms with Crippen molar-refractivity contribution < 1.29 is 62.8 Å². The summed E-state index contributed by atoms with van der Waals surface area (Å²) in [5.74, 6) is 0.784. The zero-order chi connectivity index (χ0) is 29.1. The lowest BCUT2D eigenvalue weighted by Gasteiger charge is -2.41. The van der Waals surface area contributed by atoms with Crippen LogP contribution in [0.4, 0.5) is 45.7 Å². The van der Waals surface area contributed by atoms with Crippen molar-refractivity contribution in [3.05, 3.63) is 0 Å². The maximum Gasteiger partial charge on any atom is 0.315 e. The Balaban J connectivity index is -0.000000426. The second-order valence-corrected chi connectivity index (χ2v) is 27.0. The quantitative estimate of drug-likeness (QED) is 0.148. The molecule has 4 nitrogen and oxygen atoms in total. The van der Waals surface area contributed by atoms with Gasteiger partial charge in [-0.1, -0.05) is 0 Å². The number of rotatable bonds is 9. The van der Waals surface area contributed by atoms with Crippen LogP contribution in [-0.4, -0.2) is 46.0 Å². The first-order chi connectivity index (χ1) is 16.2. The largest absolute Gasteiger partial charge is 0.437 e. The molecule has 18 heteroatoms. The molecular formula is C17H40F10O4Si4. The lowest BCUT2D eigenvalue weighted by molar-refractivity contribution is 0.108. The summed E-state index contributed by atoms with van der Waals surface area (Å²) < 4.78 is 106. The Morgan fingerprint density at radius 1 is 0.600 bits per heavy atom.